The topological polar surface area (TPSA) is 3.88 Å². The van der Waals surface area contributed by atoms with Crippen LogP contribution < -0.4 is 21.5 Å². The van der Waals surface area contributed by atoms with E-state index in [9.17, 15) is 0 Å². The number of allylic oxidation sites excluding steroid dienone is 1. The lowest BCUT2D eigenvalue weighted by molar-refractivity contribution is -0.685. The molecule has 1 aromatic carbocycles. The molecule has 0 spiro atoms. The molecule has 2 aromatic rings. The van der Waals surface area contributed by atoms with Crippen LogP contribution in [-0.2, 0) is 6.54 Å². The van der Waals surface area contributed by atoms with E-state index in [4.69, 9.17) is 0 Å². The van der Waals surface area contributed by atoms with Crippen LogP contribution in [0.15, 0.2) is 55.4 Å². The molecule has 0 atom stereocenters. The molecule has 2 heteroatoms. The Hall–Kier alpha value is -1.15. The third-order valence-corrected chi connectivity index (χ3v) is 2.09. The smallest absolute Gasteiger partial charge is 0.176 e. The maximum atomic E-state index is 3.72. The highest BCUT2D eigenvalue weighted by Gasteiger charge is 1.98. The van der Waals surface area contributed by atoms with Gasteiger partial charge in [-0.1, -0.05) is 24.8 Å². The lowest BCUT2D eigenvalue weighted by atomic mass is 10.2. The van der Waals surface area contributed by atoms with E-state index in [1.54, 1.807) is 0 Å². The molecule has 2 rings (SSSR count). The molecule has 0 saturated heterocycles. The zero-order valence-electron chi connectivity index (χ0n) is 7.86. The highest BCUT2D eigenvalue weighted by Crippen LogP contribution is 2.09. The average Bonchev–Trinajstić information content (AvgIpc) is 2.18. The molecule has 0 radical (unpaired) electrons. The second-order valence-electron chi connectivity index (χ2n) is 3.06. The Bertz CT molecular complexity index is 437. The van der Waals surface area contributed by atoms with E-state index in [-0.39, 0.29) is 17.0 Å². The first kappa shape index (κ1) is 10.9. The number of halogens is 1. The van der Waals surface area contributed by atoms with E-state index in [0.29, 0.717) is 0 Å². The summed E-state index contributed by atoms with van der Waals surface area (Å²) in [4.78, 5) is 0. The van der Waals surface area contributed by atoms with Crippen LogP contribution in [0.2, 0.25) is 0 Å². The van der Waals surface area contributed by atoms with Crippen molar-refractivity contribution in [2.75, 3.05) is 0 Å². The second kappa shape index (κ2) is 4.91. The van der Waals surface area contributed by atoms with Crippen molar-refractivity contribution >= 4 is 10.8 Å². The molecule has 14 heavy (non-hydrogen) atoms. The Kier molecular flexibility index (Phi) is 3.84. The first-order chi connectivity index (χ1) is 6.40. The van der Waals surface area contributed by atoms with Gasteiger partial charge in [0.2, 0.25) is 0 Å². The first-order valence-electron chi connectivity index (χ1n) is 4.39. The molecule has 1 aromatic heterocycles. The maximum absolute atomic E-state index is 3.72. The summed E-state index contributed by atoms with van der Waals surface area (Å²) in [6, 6.07) is 10.5. The highest BCUT2D eigenvalue weighted by atomic mass is 79.9. The molecule has 0 saturated carbocycles. The Morgan fingerprint density at radius 3 is 2.57 bits per heavy atom. The van der Waals surface area contributed by atoms with Crippen molar-refractivity contribution in [3.63, 3.8) is 0 Å². The van der Waals surface area contributed by atoms with Crippen LogP contribution in [0.25, 0.3) is 10.8 Å². The number of aromatic nitrogens is 1. The summed E-state index contributed by atoms with van der Waals surface area (Å²) in [5.41, 5.74) is 0. The molecule has 0 aliphatic carbocycles. The largest absolute Gasteiger partial charge is 1.00 e. The van der Waals surface area contributed by atoms with Crippen LogP contribution >= 0.6 is 0 Å². The molecule has 0 N–H and O–H groups in total. The molecule has 0 aliphatic rings. The van der Waals surface area contributed by atoms with Crippen molar-refractivity contribution < 1.29 is 21.5 Å². The summed E-state index contributed by atoms with van der Waals surface area (Å²) in [7, 11) is 0. The van der Waals surface area contributed by atoms with Crippen molar-refractivity contribution in [2.24, 2.45) is 0 Å². The summed E-state index contributed by atoms with van der Waals surface area (Å²) >= 11 is 0. The van der Waals surface area contributed by atoms with Gasteiger partial charge in [0, 0.05) is 11.5 Å². The second-order valence-corrected chi connectivity index (χ2v) is 3.06. The number of hydrogen-bond acceptors (Lipinski definition) is 0. The summed E-state index contributed by atoms with van der Waals surface area (Å²) in [6.07, 6.45) is 6.11. The molecule has 0 aliphatic heterocycles. The number of hydrogen-bond donors (Lipinski definition) is 0. The third kappa shape index (κ3) is 2.20. The van der Waals surface area contributed by atoms with Gasteiger partial charge in [0.1, 0.15) is 0 Å². The van der Waals surface area contributed by atoms with E-state index in [2.05, 4.69) is 53.9 Å². The molecule has 1 heterocycles. The van der Waals surface area contributed by atoms with E-state index >= 15 is 0 Å². The number of nitrogens with zero attached hydrogens (tertiary/aromatic N) is 1. The zero-order valence-corrected chi connectivity index (χ0v) is 9.44. The summed E-state index contributed by atoms with van der Waals surface area (Å²) in [5, 5.41) is 2.55. The van der Waals surface area contributed by atoms with Gasteiger partial charge in [0.05, 0.1) is 0 Å². The molecule has 0 amide bonds. The molecular weight excluding hydrogens is 238 g/mol. The standard InChI is InChI=1S/C12H12N.BrH/c1-2-8-13-9-7-11-5-3-4-6-12(11)10-13;/h2-7,9-10H,1,8H2;1H/q+1;/p-1. The third-order valence-electron chi connectivity index (χ3n) is 2.09. The van der Waals surface area contributed by atoms with Gasteiger partial charge in [-0.3, -0.25) is 0 Å². The van der Waals surface area contributed by atoms with E-state index < -0.39 is 0 Å². The first-order valence-corrected chi connectivity index (χ1v) is 4.39. The van der Waals surface area contributed by atoms with Gasteiger partial charge in [0.15, 0.2) is 18.9 Å². The fraction of sp³-hybridized carbons (Fsp3) is 0.0833. The van der Waals surface area contributed by atoms with Crippen molar-refractivity contribution in [3.8, 4) is 0 Å². The van der Waals surface area contributed by atoms with E-state index in [0.717, 1.165) is 6.54 Å². The number of rotatable bonds is 2. The predicted octanol–water partition coefficient (Wildman–Crippen LogP) is -0.683. The highest BCUT2D eigenvalue weighted by molar-refractivity contribution is 5.80. The number of benzene rings is 1. The minimum atomic E-state index is 0. The van der Waals surface area contributed by atoms with Crippen LogP contribution in [0.1, 0.15) is 0 Å². The number of fused-ring (bicyclic) bond motifs is 1. The molecule has 1 nitrogen and oxygen atoms in total. The average molecular weight is 250 g/mol. The fourth-order valence-corrected chi connectivity index (χ4v) is 1.44. The van der Waals surface area contributed by atoms with Crippen molar-refractivity contribution in [1.29, 1.82) is 0 Å². The van der Waals surface area contributed by atoms with Gasteiger partial charge in [-0.15, -0.1) is 0 Å². The Morgan fingerprint density at radius 1 is 1.14 bits per heavy atom. The fourth-order valence-electron chi connectivity index (χ4n) is 1.44. The van der Waals surface area contributed by atoms with E-state index in [1.165, 1.54) is 10.8 Å². The van der Waals surface area contributed by atoms with Crippen molar-refractivity contribution in [3.05, 3.63) is 55.4 Å². The predicted molar refractivity (Wildman–Crippen MR) is 54.3 cm³/mol. The zero-order chi connectivity index (χ0) is 9.10. The SMILES string of the molecule is C=CC[n+]1ccc2ccccc2c1.[Br-]. The Labute approximate surface area is 94.5 Å². The Balaban J connectivity index is 0.000000980. The quantitative estimate of drug-likeness (QED) is 0.491. The van der Waals surface area contributed by atoms with Crippen LogP contribution in [0, 0.1) is 0 Å². The van der Waals surface area contributed by atoms with Crippen molar-refractivity contribution in [1.82, 2.24) is 0 Å². The lowest BCUT2D eigenvalue weighted by Gasteiger charge is -1.95. The molecule has 0 bridgehead atoms. The minimum Gasteiger partial charge on any atom is -1.00 e. The monoisotopic (exact) mass is 249 g/mol. The molecule has 0 unspecified atom stereocenters. The molecular formula is C12H12BrN. The Morgan fingerprint density at radius 2 is 1.86 bits per heavy atom. The van der Waals surface area contributed by atoms with Crippen molar-refractivity contribution in [2.45, 2.75) is 6.54 Å². The summed E-state index contributed by atoms with van der Waals surface area (Å²) in [5.74, 6) is 0. The lowest BCUT2D eigenvalue weighted by Crippen LogP contribution is -3.00. The van der Waals surface area contributed by atoms with Gasteiger partial charge in [-0.05, 0) is 17.5 Å². The van der Waals surface area contributed by atoms with E-state index in [1.807, 2.05) is 6.08 Å². The van der Waals surface area contributed by atoms with Gasteiger partial charge in [-0.25, -0.2) is 4.57 Å². The van der Waals surface area contributed by atoms with Gasteiger partial charge >= 0.3 is 0 Å². The van der Waals surface area contributed by atoms with Crippen LogP contribution in [-0.4, -0.2) is 0 Å². The van der Waals surface area contributed by atoms with Gasteiger partial charge in [-0.2, -0.15) is 0 Å². The van der Waals surface area contributed by atoms with Gasteiger partial charge in [0.25, 0.3) is 0 Å². The van der Waals surface area contributed by atoms with Gasteiger partial charge < -0.3 is 17.0 Å². The maximum Gasteiger partial charge on any atom is 0.176 e. The van der Waals surface area contributed by atoms with Crippen LogP contribution in [0.5, 0.6) is 0 Å². The van der Waals surface area contributed by atoms with Crippen LogP contribution in [0.4, 0.5) is 0 Å². The molecule has 0 fully saturated rings. The number of pyridine rings is 1. The summed E-state index contributed by atoms with van der Waals surface area (Å²) in [6.45, 7) is 4.58. The summed E-state index contributed by atoms with van der Waals surface area (Å²) < 4.78 is 2.12. The van der Waals surface area contributed by atoms with Crippen LogP contribution in [0.3, 0.4) is 0 Å². The minimum absolute atomic E-state index is 0. The normalized spacial score (nSPS) is 9.43. The molecule has 72 valence electrons.